The Morgan fingerprint density at radius 1 is 1.10 bits per heavy atom. The highest BCUT2D eigenvalue weighted by Crippen LogP contribution is 2.36. The van der Waals surface area contributed by atoms with Crippen LogP contribution in [0, 0.1) is 24.1 Å². The van der Waals surface area contributed by atoms with Crippen LogP contribution in [0.3, 0.4) is 0 Å². The lowest BCUT2D eigenvalue weighted by atomic mass is 10.0. The first-order chi connectivity index (χ1) is 19.3. The maximum atomic E-state index is 13.5. The summed E-state index contributed by atoms with van der Waals surface area (Å²) >= 11 is 6.76. The van der Waals surface area contributed by atoms with Crippen LogP contribution >= 0.6 is 24.0 Å². The van der Waals surface area contributed by atoms with E-state index in [1.807, 2.05) is 13.8 Å². The average molecular weight is 584 g/mol. The number of thiocarbonyl (C=S) groups is 1. The molecule has 212 valence electrons. The topological polar surface area (TPSA) is 81.8 Å². The fourth-order valence-corrected chi connectivity index (χ4v) is 6.33. The number of halogens is 1. The van der Waals surface area contributed by atoms with Crippen LogP contribution in [0.15, 0.2) is 34.0 Å². The molecule has 0 aliphatic carbocycles. The van der Waals surface area contributed by atoms with Crippen LogP contribution in [0.25, 0.3) is 6.08 Å². The quantitative estimate of drug-likeness (QED) is 0.229. The van der Waals surface area contributed by atoms with Crippen LogP contribution in [0.1, 0.15) is 43.4 Å². The van der Waals surface area contributed by atoms with Crippen molar-refractivity contribution in [1.82, 2.24) is 9.47 Å². The Labute approximate surface area is 244 Å². The largest absolute Gasteiger partial charge is 0.382 e. The lowest BCUT2D eigenvalue weighted by molar-refractivity contribution is -0.122. The van der Waals surface area contributed by atoms with Gasteiger partial charge in [0.25, 0.3) is 11.5 Å². The number of anilines is 2. The minimum absolute atomic E-state index is 0.0839. The monoisotopic (exact) mass is 583 g/mol. The molecule has 11 heteroatoms. The number of carbonyl (C=O) groups excluding carboxylic acids is 1. The van der Waals surface area contributed by atoms with Gasteiger partial charge < -0.3 is 14.5 Å². The van der Waals surface area contributed by atoms with Gasteiger partial charge >= 0.3 is 0 Å². The molecule has 0 radical (unpaired) electrons. The zero-order valence-electron chi connectivity index (χ0n) is 23.1. The number of aromatic nitrogens is 1. The molecule has 1 aromatic carbocycles. The van der Waals surface area contributed by atoms with Gasteiger partial charge in [-0.3, -0.25) is 19.1 Å². The van der Waals surface area contributed by atoms with Crippen molar-refractivity contribution in [2.24, 2.45) is 0 Å². The van der Waals surface area contributed by atoms with E-state index in [0.717, 1.165) is 5.69 Å². The molecule has 0 saturated carbocycles. The fourth-order valence-electron chi connectivity index (χ4n) is 5.04. The summed E-state index contributed by atoms with van der Waals surface area (Å²) in [6, 6.07) is 8.54. The van der Waals surface area contributed by atoms with Crippen LogP contribution in [0.4, 0.5) is 15.9 Å². The molecule has 2 fully saturated rings. The number of hydrogen-bond donors (Lipinski definition) is 0. The molecule has 2 aliphatic rings. The van der Waals surface area contributed by atoms with Gasteiger partial charge in [-0.25, -0.2) is 4.39 Å². The van der Waals surface area contributed by atoms with Crippen molar-refractivity contribution in [3.05, 3.63) is 62.0 Å². The highest BCUT2D eigenvalue weighted by Gasteiger charge is 2.33. The maximum Gasteiger partial charge on any atom is 0.270 e. The van der Waals surface area contributed by atoms with Gasteiger partial charge in [0.05, 0.1) is 4.91 Å². The predicted octanol–water partition coefficient (Wildman–Crippen LogP) is 4.53. The smallest absolute Gasteiger partial charge is 0.270 e. The normalized spacial score (nSPS) is 16.8. The highest BCUT2D eigenvalue weighted by molar-refractivity contribution is 8.26. The summed E-state index contributed by atoms with van der Waals surface area (Å²) < 4.78 is 21.0. The Morgan fingerprint density at radius 3 is 2.40 bits per heavy atom. The second-order valence-electron chi connectivity index (χ2n) is 9.64. The second kappa shape index (κ2) is 13.4. The van der Waals surface area contributed by atoms with E-state index >= 15 is 0 Å². The minimum atomic E-state index is -0.321. The van der Waals surface area contributed by atoms with Gasteiger partial charge in [-0.1, -0.05) is 30.9 Å². The lowest BCUT2D eigenvalue weighted by Gasteiger charge is -2.39. The Kier molecular flexibility index (Phi) is 10.0. The van der Waals surface area contributed by atoms with Crippen LogP contribution in [0.2, 0.25) is 0 Å². The summed E-state index contributed by atoms with van der Waals surface area (Å²) in [6.45, 7) is 10.3. The molecular weight excluding hydrogens is 549 g/mol. The van der Waals surface area contributed by atoms with E-state index in [1.165, 1.54) is 23.9 Å². The standard InChI is InChI=1S/C29H34FN5O3S2/c1-4-11-34-26(33-15-13-32(14-16-33)22-9-7-21(30)8-10-22)23(20(3)24(19-31)27(34)36)18-25-28(37)35(29(39)40-25)12-6-17-38-5-2/h7-10,18H,4-6,11-17H2,1-3H3. The molecule has 3 heterocycles. The molecule has 0 bridgehead atoms. The zero-order valence-corrected chi connectivity index (χ0v) is 24.7. The zero-order chi connectivity index (χ0) is 28.8. The maximum absolute atomic E-state index is 13.5. The molecule has 0 spiro atoms. The van der Waals surface area contributed by atoms with Gasteiger partial charge in [-0.15, -0.1) is 0 Å². The van der Waals surface area contributed by atoms with Crippen molar-refractivity contribution < 1.29 is 13.9 Å². The Hall–Kier alpha value is -3.20. The van der Waals surface area contributed by atoms with Gasteiger partial charge in [0.15, 0.2) is 0 Å². The molecule has 4 rings (SSSR count). The number of thioether (sulfide) groups is 1. The number of pyridine rings is 1. The van der Waals surface area contributed by atoms with Crippen LogP contribution in [0.5, 0.6) is 0 Å². The summed E-state index contributed by atoms with van der Waals surface area (Å²) in [4.78, 5) is 33.2. The van der Waals surface area contributed by atoms with E-state index in [0.29, 0.717) is 91.5 Å². The number of hydrogen-bond acceptors (Lipinski definition) is 8. The molecule has 40 heavy (non-hydrogen) atoms. The van der Waals surface area contributed by atoms with Gasteiger partial charge in [0.1, 0.15) is 27.6 Å². The van der Waals surface area contributed by atoms with Crippen LogP contribution in [-0.4, -0.2) is 65.6 Å². The van der Waals surface area contributed by atoms with Crippen molar-refractivity contribution in [3.8, 4) is 6.07 Å². The van der Waals surface area contributed by atoms with E-state index in [4.69, 9.17) is 17.0 Å². The number of carbonyl (C=O) groups is 1. The number of piperazine rings is 1. The molecule has 2 saturated heterocycles. The molecule has 8 nitrogen and oxygen atoms in total. The number of amides is 1. The third-order valence-electron chi connectivity index (χ3n) is 7.09. The van der Waals surface area contributed by atoms with Crippen molar-refractivity contribution in [2.45, 2.75) is 40.2 Å². The van der Waals surface area contributed by atoms with Gasteiger partial charge in [-0.05, 0) is 62.6 Å². The molecule has 2 aromatic rings. The van der Waals surface area contributed by atoms with Crippen molar-refractivity contribution in [2.75, 3.05) is 55.7 Å². The number of ether oxygens (including phenoxy) is 1. The predicted molar refractivity (Wildman–Crippen MR) is 162 cm³/mol. The van der Waals surface area contributed by atoms with E-state index < -0.39 is 0 Å². The fraction of sp³-hybridized carbons (Fsp3) is 0.448. The van der Waals surface area contributed by atoms with E-state index in [1.54, 1.807) is 34.6 Å². The minimum Gasteiger partial charge on any atom is -0.382 e. The third kappa shape index (κ3) is 6.24. The Morgan fingerprint density at radius 2 is 1.77 bits per heavy atom. The Bertz CT molecular complexity index is 1390. The summed E-state index contributed by atoms with van der Waals surface area (Å²) in [5.74, 6) is 0.261. The molecule has 2 aliphatic heterocycles. The van der Waals surface area contributed by atoms with Gasteiger partial charge in [0.2, 0.25) is 0 Å². The number of nitriles is 1. The third-order valence-corrected chi connectivity index (χ3v) is 8.47. The van der Waals surface area contributed by atoms with Crippen molar-refractivity contribution in [3.63, 3.8) is 0 Å². The molecule has 0 N–H and O–H groups in total. The Balaban J connectivity index is 1.71. The molecule has 0 unspecified atom stereocenters. The number of nitrogens with zero attached hydrogens (tertiary/aromatic N) is 5. The summed E-state index contributed by atoms with van der Waals surface area (Å²) in [7, 11) is 0. The molecule has 1 aromatic heterocycles. The summed E-state index contributed by atoms with van der Waals surface area (Å²) in [5, 5.41) is 9.89. The number of benzene rings is 1. The first-order valence-corrected chi connectivity index (χ1v) is 14.8. The SMILES string of the molecule is CCCn1c(N2CCN(c3ccc(F)cc3)CC2)c(C=C2SC(=S)N(CCCOCC)C2=O)c(C)c(C#N)c1=O. The molecule has 1 amide bonds. The average Bonchev–Trinajstić information content (AvgIpc) is 3.22. The summed E-state index contributed by atoms with van der Waals surface area (Å²) in [5.41, 5.74) is 1.95. The van der Waals surface area contributed by atoms with Gasteiger partial charge in [0, 0.05) is 63.7 Å². The molecule has 0 atom stereocenters. The van der Waals surface area contributed by atoms with E-state index in [9.17, 15) is 19.2 Å². The van der Waals surface area contributed by atoms with E-state index in [-0.39, 0.29) is 22.8 Å². The van der Waals surface area contributed by atoms with Crippen LogP contribution < -0.4 is 15.4 Å². The second-order valence-corrected chi connectivity index (χ2v) is 11.3. The van der Waals surface area contributed by atoms with Gasteiger partial charge in [-0.2, -0.15) is 5.26 Å². The first-order valence-electron chi connectivity index (χ1n) is 13.6. The van der Waals surface area contributed by atoms with E-state index in [2.05, 4.69) is 15.9 Å². The molecular formula is C29H34FN5O3S2. The van der Waals surface area contributed by atoms with Crippen molar-refractivity contribution in [1.29, 1.82) is 5.26 Å². The number of rotatable bonds is 10. The lowest BCUT2D eigenvalue weighted by Crippen LogP contribution is -2.48. The van der Waals surface area contributed by atoms with Crippen LogP contribution in [-0.2, 0) is 16.1 Å². The first kappa shape index (κ1) is 29.8. The highest BCUT2D eigenvalue weighted by atomic mass is 32.2. The summed E-state index contributed by atoms with van der Waals surface area (Å²) in [6.07, 6.45) is 3.18. The van der Waals surface area contributed by atoms with Crippen molar-refractivity contribution >= 4 is 51.8 Å².